The van der Waals surface area contributed by atoms with E-state index in [1.165, 1.54) is 0 Å². The average molecular weight is 482 g/mol. The molecule has 4 rings (SSSR count). The zero-order chi connectivity index (χ0) is 26.0. The zero-order valence-corrected chi connectivity index (χ0v) is 20.8. The fraction of sp³-hybridized carbons (Fsp3) is 0.194. The van der Waals surface area contributed by atoms with Gasteiger partial charge in [0.1, 0.15) is 17.3 Å². The number of nitrogens with one attached hydrogen (secondary N) is 1. The van der Waals surface area contributed by atoms with Crippen LogP contribution in [0.3, 0.4) is 0 Å². The van der Waals surface area contributed by atoms with Crippen molar-refractivity contribution in [3.63, 3.8) is 0 Å². The molecule has 0 radical (unpaired) electrons. The van der Waals surface area contributed by atoms with Crippen LogP contribution in [0.25, 0.3) is 11.3 Å². The van der Waals surface area contributed by atoms with Crippen molar-refractivity contribution >= 4 is 23.0 Å². The third-order valence-corrected chi connectivity index (χ3v) is 6.30. The number of para-hydroxylation sites is 1. The van der Waals surface area contributed by atoms with Gasteiger partial charge in [-0.05, 0) is 68.7 Å². The first-order valence-corrected chi connectivity index (χ1v) is 11.8. The summed E-state index contributed by atoms with van der Waals surface area (Å²) < 4.78 is 21.8. The summed E-state index contributed by atoms with van der Waals surface area (Å²) in [6.07, 6.45) is 8.41. The van der Waals surface area contributed by atoms with E-state index in [0.29, 0.717) is 22.8 Å². The van der Waals surface area contributed by atoms with Crippen molar-refractivity contribution in [2.75, 3.05) is 5.32 Å². The van der Waals surface area contributed by atoms with E-state index in [2.05, 4.69) is 30.3 Å². The highest BCUT2D eigenvalue weighted by Gasteiger charge is 2.29. The molecule has 4 nitrogen and oxygen atoms in total. The van der Waals surface area contributed by atoms with Gasteiger partial charge in [0.15, 0.2) is 0 Å². The van der Waals surface area contributed by atoms with Gasteiger partial charge < -0.3 is 15.2 Å². The standard InChI is InChI=1S/C31H28FNO3/c1-6-11-22-19(4)29(24-14-10-12-21(7-2)28(24)32)36-30-25(16-18(3)17-26(22)30)20(5)33-27-15-9-8-13-23(27)31(34)35/h2,8-17,20,33H,6H2,1,3-5H3,(H,34,35). The van der Waals surface area contributed by atoms with Crippen LogP contribution in [0.2, 0.25) is 0 Å². The van der Waals surface area contributed by atoms with E-state index >= 15 is 4.39 Å². The predicted molar refractivity (Wildman–Crippen MR) is 142 cm³/mol. The Bertz CT molecular complexity index is 1460. The molecule has 182 valence electrons. The van der Waals surface area contributed by atoms with Gasteiger partial charge in [-0.1, -0.05) is 43.2 Å². The summed E-state index contributed by atoms with van der Waals surface area (Å²) >= 11 is 0. The first kappa shape index (κ1) is 24.8. The van der Waals surface area contributed by atoms with Crippen molar-refractivity contribution < 1.29 is 19.0 Å². The summed E-state index contributed by atoms with van der Waals surface area (Å²) in [5.41, 5.74) is 5.76. The summed E-state index contributed by atoms with van der Waals surface area (Å²) in [6, 6.07) is 15.5. The predicted octanol–water partition coefficient (Wildman–Crippen LogP) is 7.60. The van der Waals surface area contributed by atoms with E-state index in [-0.39, 0.29) is 17.2 Å². The minimum atomic E-state index is -1.01. The summed E-state index contributed by atoms with van der Waals surface area (Å²) in [5, 5.41) is 12.9. The first-order valence-electron chi connectivity index (χ1n) is 11.8. The monoisotopic (exact) mass is 481 g/mol. The van der Waals surface area contributed by atoms with Gasteiger partial charge in [0.05, 0.1) is 22.7 Å². The molecule has 0 saturated carbocycles. The van der Waals surface area contributed by atoms with E-state index < -0.39 is 11.8 Å². The van der Waals surface area contributed by atoms with Crippen molar-refractivity contribution in [3.05, 3.63) is 105 Å². The fourth-order valence-electron chi connectivity index (χ4n) is 4.59. The molecule has 1 aliphatic rings. The van der Waals surface area contributed by atoms with Gasteiger partial charge in [0.25, 0.3) is 0 Å². The number of hydrogen-bond acceptors (Lipinski definition) is 3. The molecular weight excluding hydrogens is 453 g/mol. The maximum atomic E-state index is 15.3. The van der Waals surface area contributed by atoms with Gasteiger partial charge in [0.2, 0.25) is 0 Å². The molecule has 2 N–H and O–H groups in total. The van der Waals surface area contributed by atoms with Crippen molar-refractivity contribution in [1.82, 2.24) is 0 Å². The Balaban J connectivity index is 1.87. The van der Waals surface area contributed by atoms with Crippen LogP contribution in [0.1, 0.15) is 71.4 Å². The number of terminal acetylenes is 1. The second-order valence-electron chi connectivity index (χ2n) is 8.84. The molecular formula is C31H28FNO3. The molecule has 3 aromatic carbocycles. The van der Waals surface area contributed by atoms with Crippen LogP contribution in [0.5, 0.6) is 5.75 Å². The van der Waals surface area contributed by atoms with Crippen molar-refractivity contribution in [2.24, 2.45) is 0 Å². The minimum Gasteiger partial charge on any atom is -0.478 e. The molecule has 0 saturated heterocycles. The lowest BCUT2D eigenvalue weighted by molar-refractivity contribution is 0.0698. The highest BCUT2D eigenvalue weighted by Crippen LogP contribution is 2.46. The lowest BCUT2D eigenvalue weighted by Crippen LogP contribution is -2.16. The van der Waals surface area contributed by atoms with E-state index in [4.69, 9.17) is 11.2 Å². The third-order valence-electron chi connectivity index (χ3n) is 6.30. The number of carboxylic acids is 1. The molecule has 0 fully saturated rings. The second kappa shape index (κ2) is 10.1. The Morgan fingerprint density at radius 3 is 2.61 bits per heavy atom. The molecule has 5 heteroatoms. The molecule has 3 aromatic rings. The van der Waals surface area contributed by atoms with Gasteiger partial charge in [-0.15, -0.1) is 6.42 Å². The van der Waals surface area contributed by atoms with Crippen molar-refractivity contribution in [2.45, 2.75) is 40.2 Å². The molecule has 1 atom stereocenters. The fourth-order valence-corrected chi connectivity index (χ4v) is 4.59. The molecule has 0 bridgehead atoms. The number of allylic oxidation sites excluding steroid dienone is 3. The summed E-state index contributed by atoms with van der Waals surface area (Å²) in [5.74, 6) is 1.92. The number of carboxylic acid groups (broad SMARTS) is 1. The number of fused-ring (bicyclic) bond motifs is 1. The molecule has 0 aliphatic carbocycles. The molecule has 0 amide bonds. The molecule has 0 aromatic heterocycles. The number of halogens is 1. The van der Waals surface area contributed by atoms with Crippen LogP contribution < -0.4 is 10.1 Å². The van der Waals surface area contributed by atoms with Gasteiger partial charge in [-0.25, -0.2) is 9.18 Å². The van der Waals surface area contributed by atoms with E-state index in [9.17, 15) is 9.90 Å². The Kier molecular flexibility index (Phi) is 6.98. The van der Waals surface area contributed by atoms with E-state index in [1.807, 2.05) is 26.8 Å². The Hall–Kier alpha value is -4.30. The Morgan fingerprint density at radius 2 is 1.92 bits per heavy atom. The summed E-state index contributed by atoms with van der Waals surface area (Å²) in [7, 11) is 0. The van der Waals surface area contributed by atoms with Crippen LogP contribution in [0.15, 0.2) is 66.2 Å². The first-order chi connectivity index (χ1) is 17.3. The number of anilines is 1. The number of carbonyl (C=O) groups is 1. The lowest BCUT2D eigenvalue weighted by Gasteiger charge is -2.29. The van der Waals surface area contributed by atoms with Gasteiger partial charge >= 0.3 is 5.97 Å². The molecule has 1 aliphatic heterocycles. The number of rotatable bonds is 6. The highest BCUT2D eigenvalue weighted by molar-refractivity contribution is 5.95. The highest BCUT2D eigenvalue weighted by atomic mass is 19.1. The van der Waals surface area contributed by atoms with Crippen LogP contribution in [-0.4, -0.2) is 11.1 Å². The topological polar surface area (TPSA) is 58.6 Å². The Morgan fingerprint density at radius 1 is 1.17 bits per heavy atom. The van der Waals surface area contributed by atoms with Crippen LogP contribution in [0.4, 0.5) is 10.1 Å². The zero-order valence-electron chi connectivity index (χ0n) is 20.8. The van der Waals surface area contributed by atoms with E-state index in [0.717, 1.165) is 34.3 Å². The Labute approximate surface area is 211 Å². The van der Waals surface area contributed by atoms with Crippen LogP contribution >= 0.6 is 0 Å². The molecule has 0 spiro atoms. The van der Waals surface area contributed by atoms with Gasteiger partial charge in [-0.3, -0.25) is 0 Å². The van der Waals surface area contributed by atoms with Crippen LogP contribution in [-0.2, 0) is 0 Å². The normalized spacial score (nSPS) is 14.6. The van der Waals surface area contributed by atoms with E-state index in [1.54, 1.807) is 42.5 Å². The molecule has 1 unspecified atom stereocenters. The largest absolute Gasteiger partial charge is 0.478 e. The molecule has 1 heterocycles. The maximum absolute atomic E-state index is 15.3. The lowest BCUT2D eigenvalue weighted by atomic mass is 9.87. The number of aryl methyl sites for hydroxylation is 1. The molecule has 36 heavy (non-hydrogen) atoms. The smallest absolute Gasteiger partial charge is 0.337 e. The SMILES string of the molecule is C#Cc1cccc(C2=C(C)C(=CCC)c3cc(C)cc(C(C)Nc4ccccc4C(=O)O)c3O2)c1F. The van der Waals surface area contributed by atoms with Gasteiger partial charge in [0, 0.05) is 22.4 Å². The number of hydrogen-bond donors (Lipinski definition) is 2. The number of benzene rings is 3. The second-order valence-corrected chi connectivity index (χ2v) is 8.84. The van der Waals surface area contributed by atoms with Crippen LogP contribution in [0, 0.1) is 25.1 Å². The van der Waals surface area contributed by atoms with Crippen molar-refractivity contribution in [1.29, 1.82) is 0 Å². The van der Waals surface area contributed by atoms with Gasteiger partial charge in [-0.2, -0.15) is 0 Å². The maximum Gasteiger partial charge on any atom is 0.337 e. The van der Waals surface area contributed by atoms with Crippen molar-refractivity contribution in [3.8, 4) is 18.1 Å². The minimum absolute atomic E-state index is 0.174. The summed E-state index contributed by atoms with van der Waals surface area (Å²) in [6.45, 7) is 7.94. The average Bonchev–Trinajstić information content (AvgIpc) is 2.86. The third kappa shape index (κ3) is 4.50. The number of aromatic carboxylic acids is 1. The summed E-state index contributed by atoms with van der Waals surface area (Å²) in [4.78, 5) is 11.7. The quantitative estimate of drug-likeness (QED) is 0.356. The number of ether oxygens (including phenoxy) is 1.